The zero-order valence-corrected chi connectivity index (χ0v) is 24.3. The molecule has 1 saturated carbocycles. The highest BCUT2D eigenvalue weighted by molar-refractivity contribution is 6.04. The van der Waals surface area contributed by atoms with Crippen LogP contribution in [0.5, 0.6) is 0 Å². The van der Waals surface area contributed by atoms with Gasteiger partial charge < -0.3 is 19.7 Å². The van der Waals surface area contributed by atoms with Crippen molar-refractivity contribution in [3.63, 3.8) is 0 Å². The summed E-state index contributed by atoms with van der Waals surface area (Å²) in [5, 5.41) is 12.4. The summed E-state index contributed by atoms with van der Waals surface area (Å²) >= 11 is 0. The molecule has 1 aliphatic carbocycles. The number of amides is 2. The number of carbonyl (C=O) groups excluding carboxylic acids is 2. The minimum atomic E-state index is -1.05. The number of pyridine rings is 1. The number of furan rings is 1. The summed E-state index contributed by atoms with van der Waals surface area (Å²) in [5.41, 5.74) is 1.40. The Hall–Kier alpha value is -3.98. The van der Waals surface area contributed by atoms with E-state index in [-0.39, 0.29) is 28.8 Å². The van der Waals surface area contributed by atoms with Gasteiger partial charge in [0.1, 0.15) is 5.82 Å². The lowest BCUT2D eigenvalue weighted by Gasteiger charge is -2.41. The van der Waals surface area contributed by atoms with Gasteiger partial charge in [-0.15, -0.1) is 0 Å². The predicted octanol–water partition coefficient (Wildman–Crippen LogP) is 6.16. The monoisotopic (exact) mass is 572 g/mol. The average molecular weight is 573 g/mol. The van der Waals surface area contributed by atoms with E-state index in [1.165, 1.54) is 18.8 Å². The third-order valence-electron chi connectivity index (χ3n) is 8.86. The topological polar surface area (TPSA) is 116 Å². The number of aromatic nitrogens is 1. The van der Waals surface area contributed by atoms with E-state index in [0.717, 1.165) is 70.1 Å². The molecule has 0 unspecified atom stereocenters. The summed E-state index contributed by atoms with van der Waals surface area (Å²) in [6.45, 7) is 4.58. The van der Waals surface area contributed by atoms with Gasteiger partial charge >= 0.3 is 5.97 Å². The number of likely N-dealkylation sites (tertiary alicyclic amines) is 1. The number of para-hydroxylation sites is 1. The molecule has 1 saturated heterocycles. The number of benzene rings is 1. The summed E-state index contributed by atoms with van der Waals surface area (Å²) in [5.74, 6) is -0.405. The van der Waals surface area contributed by atoms with Crippen LogP contribution >= 0.6 is 0 Å². The van der Waals surface area contributed by atoms with Crippen molar-refractivity contribution in [2.45, 2.75) is 70.8 Å². The van der Waals surface area contributed by atoms with Gasteiger partial charge in [0.2, 0.25) is 5.91 Å². The molecule has 9 heteroatoms. The number of hydrogen-bond acceptors (Lipinski definition) is 6. The smallest absolute Gasteiger partial charge is 0.337 e. The molecule has 3 heterocycles. The Morgan fingerprint density at radius 1 is 1.05 bits per heavy atom. The first-order chi connectivity index (χ1) is 20.3. The lowest BCUT2D eigenvalue weighted by Crippen LogP contribution is -2.48. The molecule has 2 fully saturated rings. The molecular weight excluding hydrogens is 532 g/mol. The average Bonchev–Trinajstić information content (AvgIpc) is 3.54. The number of hydrogen-bond donors (Lipinski definition) is 2. The number of anilines is 2. The largest absolute Gasteiger partial charge is 0.478 e. The van der Waals surface area contributed by atoms with E-state index < -0.39 is 5.97 Å². The van der Waals surface area contributed by atoms with Crippen molar-refractivity contribution in [1.29, 1.82) is 0 Å². The van der Waals surface area contributed by atoms with Gasteiger partial charge in [-0.25, -0.2) is 9.78 Å². The molecule has 2 aliphatic rings. The van der Waals surface area contributed by atoms with Crippen molar-refractivity contribution in [3.05, 3.63) is 77.9 Å². The molecule has 222 valence electrons. The molecule has 2 amide bonds. The number of rotatable bonds is 10. The van der Waals surface area contributed by atoms with Crippen LogP contribution < -0.4 is 10.2 Å². The maximum Gasteiger partial charge on any atom is 0.337 e. The molecular formula is C33H40N4O5. The maximum atomic E-state index is 13.4. The minimum absolute atomic E-state index is 0.0118. The van der Waals surface area contributed by atoms with Gasteiger partial charge in [-0.3, -0.25) is 14.5 Å². The highest BCUT2D eigenvalue weighted by Crippen LogP contribution is 2.43. The quantitative estimate of drug-likeness (QED) is 0.299. The molecule has 2 aromatic heterocycles. The van der Waals surface area contributed by atoms with E-state index >= 15 is 0 Å². The van der Waals surface area contributed by atoms with Crippen LogP contribution in [0, 0.1) is 12.3 Å². The van der Waals surface area contributed by atoms with Gasteiger partial charge in [0, 0.05) is 31.7 Å². The van der Waals surface area contributed by atoms with Gasteiger partial charge in [-0.2, -0.15) is 0 Å². The molecule has 5 rings (SSSR count). The molecule has 0 radical (unpaired) electrons. The van der Waals surface area contributed by atoms with Crippen molar-refractivity contribution < 1.29 is 23.9 Å². The summed E-state index contributed by atoms with van der Waals surface area (Å²) < 4.78 is 5.45. The zero-order chi connectivity index (χ0) is 29.5. The summed E-state index contributed by atoms with van der Waals surface area (Å²) in [7, 11) is 0. The van der Waals surface area contributed by atoms with Crippen molar-refractivity contribution in [2.24, 2.45) is 5.41 Å². The fraction of sp³-hybridized carbons (Fsp3) is 0.455. The number of nitrogens with one attached hydrogen (secondary N) is 1. The maximum absolute atomic E-state index is 13.4. The lowest BCUT2D eigenvalue weighted by molar-refractivity contribution is -0.119. The van der Waals surface area contributed by atoms with Crippen LogP contribution in [-0.2, 0) is 4.79 Å². The molecule has 1 aromatic carbocycles. The summed E-state index contributed by atoms with van der Waals surface area (Å²) in [6, 6.07) is 13.9. The highest BCUT2D eigenvalue weighted by atomic mass is 16.4. The minimum Gasteiger partial charge on any atom is -0.478 e. The van der Waals surface area contributed by atoms with E-state index in [0.29, 0.717) is 23.7 Å². The Labute approximate surface area is 246 Å². The van der Waals surface area contributed by atoms with Gasteiger partial charge in [-0.05, 0) is 86.9 Å². The SMILES string of the molecule is Cc1ccc(N(C(=O)c2ccco2)C2CCN(CCC3(CC(=O)Nc4ccccc4C(=O)O)CCCCC3)CC2)nc1. The summed E-state index contributed by atoms with van der Waals surface area (Å²) in [4.78, 5) is 47.0. The van der Waals surface area contributed by atoms with Gasteiger partial charge in [0.05, 0.1) is 17.5 Å². The highest BCUT2D eigenvalue weighted by Gasteiger charge is 2.36. The standard InChI is InChI=1S/C33H40N4O5/c1-24-11-12-29(34-23-24)37(31(39)28-10-7-21-42-28)25-13-18-36(19-14-25)20-17-33(15-5-2-6-16-33)22-30(38)35-27-9-4-3-8-26(27)32(40)41/h3-4,7-12,21,23,25H,2,5-6,13-20,22H2,1H3,(H,35,38)(H,40,41). The van der Waals surface area contributed by atoms with Crippen molar-refractivity contribution >= 4 is 29.3 Å². The van der Waals surface area contributed by atoms with Gasteiger partial charge in [0.15, 0.2) is 5.76 Å². The molecule has 9 nitrogen and oxygen atoms in total. The van der Waals surface area contributed by atoms with Crippen molar-refractivity contribution in [2.75, 3.05) is 29.9 Å². The first kappa shape index (κ1) is 29.5. The number of aromatic carboxylic acids is 1. The van der Waals surface area contributed by atoms with E-state index in [9.17, 15) is 19.5 Å². The molecule has 2 N–H and O–H groups in total. The van der Waals surface area contributed by atoms with E-state index in [1.54, 1.807) is 41.4 Å². The molecule has 42 heavy (non-hydrogen) atoms. The zero-order valence-electron chi connectivity index (χ0n) is 24.3. The molecule has 0 atom stereocenters. The molecule has 1 aliphatic heterocycles. The van der Waals surface area contributed by atoms with Crippen LogP contribution in [0.4, 0.5) is 11.5 Å². The second-order valence-electron chi connectivity index (χ2n) is 11.8. The molecule has 0 bridgehead atoms. The fourth-order valence-electron chi connectivity index (χ4n) is 6.51. The number of carbonyl (C=O) groups is 3. The number of carboxylic acids is 1. The Balaban J connectivity index is 1.21. The number of nitrogens with zero attached hydrogens (tertiary/aromatic N) is 3. The van der Waals surface area contributed by atoms with E-state index in [2.05, 4.69) is 15.2 Å². The Kier molecular flexibility index (Phi) is 9.37. The van der Waals surface area contributed by atoms with Crippen LogP contribution in [0.15, 0.2) is 65.4 Å². The fourth-order valence-corrected chi connectivity index (χ4v) is 6.51. The number of carboxylic acid groups (broad SMARTS) is 1. The van der Waals surface area contributed by atoms with Crippen LogP contribution in [0.3, 0.4) is 0 Å². The van der Waals surface area contributed by atoms with Crippen LogP contribution in [-0.4, -0.2) is 58.5 Å². The molecule has 3 aromatic rings. The van der Waals surface area contributed by atoms with Crippen LogP contribution in [0.1, 0.15) is 84.3 Å². The number of aryl methyl sites for hydroxylation is 1. The van der Waals surface area contributed by atoms with Crippen LogP contribution in [0.25, 0.3) is 0 Å². The third-order valence-corrected chi connectivity index (χ3v) is 8.86. The summed E-state index contributed by atoms with van der Waals surface area (Å²) in [6.07, 6.45) is 11.6. The second-order valence-corrected chi connectivity index (χ2v) is 11.8. The molecule has 0 spiro atoms. The Morgan fingerprint density at radius 2 is 1.81 bits per heavy atom. The van der Waals surface area contributed by atoms with Crippen molar-refractivity contribution in [3.8, 4) is 0 Å². The normalized spacial score (nSPS) is 17.5. The first-order valence-corrected chi connectivity index (χ1v) is 15.0. The Bertz CT molecular complexity index is 1360. The van der Waals surface area contributed by atoms with Gasteiger partial charge in [-0.1, -0.05) is 37.5 Å². The van der Waals surface area contributed by atoms with Crippen molar-refractivity contribution in [1.82, 2.24) is 9.88 Å². The van der Waals surface area contributed by atoms with E-state index in [1.807, 2.05) is 19.1 Å². The van der Waals surface area contributed by atoms with Gasteiger partial charge in [0.25, 0.3) is 5.91 Å². The van der Waals surface area contributed by atoms with Crippen LogP contribution in [0.2, 0.25) is 0 Å². The lowest BCUT2D eigenvalue weighted by atomic mass is 9.69. The second kappa shape index (κ2) is 13.3. The first-order valence-electron chi connectivity index (χ1n) is 15.0. The van der Waals surface area contributed by atoms with E-state index in [4.69, 9.17) is 4.42 Å². The third kappa shape index (κ3) is 7.07. The Morgan fingerprint density at radius 3 is 2.48 bits per heavy atom. The predicted molar refractivity (Wildman–Crippen MR) is 161 cm³/mol. The number of piperidine rings is 1.